The maximum absolute atomic E-state index is 14.1. The number of nitriles is 1. The monoisotopic (exact) mass is 1140 g/mol. The van der Waals surface area contributed by atoms with Gasteiger partial charge in [-0.05, 0) is 148 Å². The predicted molar refractivity (Wildman–Crippen MR) is 333 cm³/mol. The van der Waals surface area contributed by atoms with Gasteiger partial charge in [-0.25, -0.2) is 28.1 Å². The lowest BCUT2D eigenvalue weighted by molar-refractivity contribution is 0.310. The number of hydrogen-bond acceptors (Lipinski definition) is 14. The van der Waals surface area contributed by atoms with Gasteiger partial charge in [-0.2, -0.15) is 15.0 Å². The largest absolute Gasteiger partial charge is 0.492 e. The van der Waals surface area contributed by atoms with Crippen LogP contribution in [0.15, 0.2) is 106 Å². The molecule has 81 heavy (non-hydrogen) atoms. The molecular formula is C64H73N11O3S3. The summed E-state index contributed by atoms with van der Waals surface area (Å²) in [5.74, 6) is 1.98. The van der Waals surface area contributed by atoms with E-state index in [0.717, 1.165) is 84.7 Å². The number of pyridine rings is 1. The molecule has 420 valence electrons. The number of nitrogens with one attached hydrogen (secondary N) is 2. The molecule has 0 aliphatic heterocycles. The first-order valence-electron chi connectivity index (χ1n) is 27.5. The Bertz CT molecular complexity index is 4000. The minimum absolute atomic E-state index is 0.00999. The number of thiazole rings is 2. The van der Waals surface area contributed by atoms with Crippen LogP contribution in [0.25, 0.3) is 25.6 Å². The minimum Gasteiger partial charge on any atom is -0.492 e. The van der Waals surface area contributed by atoms with Crippen molar-refractivity contribution in [3.8, 4) is 17.0 Å². The molecule has 0 spiro atoms. The number of rotatable bonds is 18. The summed E-state index contributed by atoms with van der Waals surface area (Å²) >= 11 is 2.84. The normalized spacial score (nSPS) is 12.5. The standard InChI is InChI=1S/C64H73N11O3S3/c1-17-63(13,14)44-23-26-50(47(34-44)64(15,16)18-2)78-28-27-66-81(76,77)45-24-25-49-52(35-45)80-60(67-49)74(56-42(8)31-38(4)32-43(56)9)53-33-41(7)55(58(69-53)70-54-39(5)29-37(3)30-40(54)6)71-72-59-46(36-65)57(62(10,11)12)73-75(59)61-68-48-21-19-20-22-51(48)79-61/h19-26,29-35,66H,17-18,27-28H2,1-16H3,(H,69,70). The summed E-state index contributed by atoms with van der Waals surface area (Å²) in [6, 6.07) is 32.2. The predicted octanol–water partition coefficient (Wildman–Crippen LogP) is 17.2. The lowest BCUT2D eigenvalue weighted by atomic mass is 9.76. The number of anilines is 5. The fourth-order valence-electron chi connectivity index (χ4n) is 10.2. The maximum Gasteiger partial charge on any atom is 0.240 e. The van der Waals surface area contributed by atoms with Crippen LogP contribution >= 0.6 is 22.7 Å². The van der Waals surface area contributed by atoms with Crippen molar-refractivity contribution in [2.24, 2.45) is 10.2 Å². The van der Waals surface area contributed by atoms with Gasteiger partial charge in [0.05, 0.1) is 36.7 Å². The summed E-state index contributed by atoms with van der Waals surface area (Å²) in [6.07, 6.45) is 1.92. The average molecular weight is 1140 g/mol. The second-order valence-corrected chi connectivity index (χ2v) is 27.3. The third kappa shape index (κ3) is 11.9. The van der Waals surface area contributed by atoms with Crippen molar-refractivity contribution >= 4 is 92.8 Å². The van der Waals surface area contributed by atoms with E-state index in [1.54, 1.807) is 22.9 Å². The summed E-state index contributed by atoms with van der Waals surface area (Å²) in [7, 11) is -3.96. The molecule has 0 saturated heterocycles. The Labute approximate surface area is 485 Å². The van der Waals surface area contributed by atoms with Gasteiger partial charge in [0.1, 0.15) is 35.5 Å². The quantitative estimate of drug-likeness (QED) is 0.0621. The van der Waals surface area contributed by atoms with E-state index in [1.807, 2.05) is 69.0 Å². The van der Waals surface area contributed by atoms with Gasteiger partial charge in [0.2, 0.25) is 15.2 Å². The van der Waals surface area contributed by atoms with E-state index in [4.69, 9.17) is 35.0 Å². The third-order valence-corrected chi connectivity index (χ3v) is 18.8. The number of aromatic nitrogens is 5. The van der Waals surface area contributed by atoms with E-state index in [1.165, 1.54) is 28.2 Å². The van der Waals surface area contributed by atoms with E-state index in [0.29, 0.717) is 49.1 Å². The summed E-state index contributed by atoms with van der Waals surface area (Å²) in [5.41, 5.74) is 13.3. The zero-order valence-electron chi connectivity index (χ0n) is 49.5. The summed E-state index contributed by atoms with van der Waals surface area (Å²) < 4.78 is 40.6. The van der Waals surface area contributed by atoms with Gasteiger partial charge in [0, 0.05) is 23.2 Å². The fraction of sp³-hybridized carbons (Fsp3) is 0.359. The highest BCUT2D eigenvalue weighted by Crippen LogP contribution is 2.46. The van der Waals surface area contributed by atoms with Crippen molar-refractivity contribution in [1.29, 1.82) is 5.26 Å². The highest BCUT2D eigenvalue weighted by Gasteiger charge is 2.31. The van der Waals surface area contributed by atoms with Crippen molar-refractivity contribution in [3.05, 3.63) is 152 Å². The zero-order valence-corrected chi connectivity index (χ0v) is 51.9. The van der Waals surface area contributed by atoms with Crippen molar-refractivity contribution in [2.45, 2.75) is 145 Å². The topological polar surface area (TPSA) is 176 Å². The first kappa shape index (κ1) is 58.3. The Hall–Kier alpha value is -7.36. The number of benzene rings is 5. The fourth-order valence-corrected chi connectivity index (χ4v) is 13.2. The van der Waals surface area contributed by atoms with E-state index >= 15 is 0 Å². The van der Waals surface area contributed by atoms with Gasteiger partial charge in [0.25, 0.3) is 0 Å². The molecule has 0 aliphatic rings. The second kappa shape index (κ2) is 22.5. The smallest absolute Gasteiger partial charge is 0.240 e. The van der Waals surface area contributed by atoms with Crippen LogP contribution in [0, 0.1) is 59.8 Å². The first-order chi connectivity index (χ1) is 38.2. The van der Waals surface area contributed by atoms with Crippen LogP contribution < -0.4 is 19.7 Å². The molecule has 9 aromatic rings. The van der Waals surface area contributed by atoms with Gasteiger partial charge >= 0.3 is 0 Å². The number of azo groups is 1. The SMILES string of the molecule is CCC(C)(C)c1ccc(OCCNS(=O)(=O)c2ccc3nc(N(c4cc(C)c(N=Nc5c(C#N)c(C(C)(C)C)nn5-c5nc6ccccc6s5)c(Nc5c(C)cc(C)cc5C)n4)c4c(C)cc(C)cc4C)sc3c2)c(C(C)(C)CC)c1. The Balaban J connectivity index is 1.11. The van der Waals surface area contributed by atoms with E-state index in [9.17, 15) is 13.7 Å². The molecule has 4 aromatic heterocycles. The molecule has 0 unspecified atom stereocenters. The molecule has 0 aliphatic carbocycles. The summed E-state index contributed by atoms with van der Waals surface area (Å²) in [6.45, 7) is 34.0. The molecule has 17 heteroatoms. The van der Waals surface area contributed by atoms with Crippen molar-refractivity contribution in [2.75, 3.05) is 23.4 Å². The minimum atomic E-state index is -3.96. The Morgan fingerprint density at radius 2 is 1.37 bits per heavy atom. The Morgan fingerprint density at radius 1 is 0.716 bits per heavy atom. The van der Waals surface area contributed by atoms with Gasteiger partial charge < -0.3 is 10.1 Å². The molecule has 9 rings (SSSR count). The van der Waals surface area contributed by atoms with Gasteiger partial charge in [0.15, 0.2) is 16.8 Å². The number of para-hydroxylation sites is 1. The number of sulfonamides is 1. The van der Waals surface area contributed by atoms with Crippen LogP contribution in [0.1, 0.15) is 136 Å². The van der Waals surface area contributed by atoms with Crippen molar-refractivity contribution in [3.63, 3.8) is 0 Å². The van der Waals surface area contributed by atoms with E-state index < -0.39 is 15.4 Å². The molecule has 0 amide bonds. The van der Waals surface area contributed by atoms with Crippen molar-refractivity contribution in [1.82, 2.24) is 29.5 Å². The Morgan fingerprint density at radius 3 is 2.01 bits per heavy atom. The molecular weight excluding hydrogens is 1070 g/mol. The van der Waals surface area contributed by atoms with Crippen LogP contribution in [0.4, 0.5) is 39.6 Å². The summed E-state index contributed by atoms with van der Waals surface area (Å²) in [5, 5.41) is 30.5. The van der Waals surface area contributed by atoms with Crippen LogP contribution in [-0.4, -0.2) is 46.3 Å². The molecule has 0 radical (unpaired) electrons. The molecule has 0 saturated carbocycles. The highest BCUT2D eigenvalue weighted by molar-refractivity contribution is 7.89. The molecule has 4 heterocycles. The molecule has 14 nitrogen and oxygen atoms in total. The lowest BCUT2D eigenvalue weighted by Gasteiger charge is -2.30. The Kier molecular flexibility index (Phi) is 16.2. The number of fused-ring (bicyclic) bond motifs is 2. The average Bonchev–Trinajstić information content (AvgIpc) is 4.22. The van der Waals surface area contributed by atoms with Crippen LogP contribution in [0.2, 0.25) is 0 Å². The highest BCUT2D eigenvalue weighted by atomic mass is 32.2. The van der Waals surface area contributed by atoms with Gasteiger partial charge in [-0.3, -0.25) is 4.90 Å². The molecule has 0 atom stereocenters. The van der Waals surface area contributed by atoms with E-state index in [2.05, 4.69) is 136 Å². The van der Waals surface area contributed by atoms with Crippen LogP contribution in [0.3, 0.4) is 0 Å². The van der Waals surface area contributed by atoms with Crippen LogP contribution in [0.5, 0.6) is 5.75 Å². The molecule has 2 N–H and O–H groups in total. The van der Waals surface area contributed by atoms with Crippen LogP contribution in [-0.2, 0) is 26.3 Å². The maximum atomic E-state index is 14.1. The third-order valence-electron chi connectivity index (χ3n) is 15.3. The van der Waals surface area contributed by atoms with Crippen molar-refractivity contribution < 1.29 is 13.2 Å². The molecule has 5 aromatic carbocycles. The first-order valence-corrected chi connectivity index (χ1v) is 30.6. The zero-order chi connectivity index (χ0) is 58.5. The molecule has 0 fully saturated rings. The number of nitrogens with zero attached hydrogens (tertiary/aromatic N) is 9. The van der Waals surface area contributed by atoms with Gasteiger partial charge in [-0.15, -0.1) is 10.2 Å². The summed E-state index contributed by atoms with van der Waals surface area (Å²) in [4.78, 5) is 17.7. The second-order valence-electron chi connectivity index (χ2n) is 23.5. The lowest BCUT2D eigenvalue weighted by Crippen LogP contribution is -2.29. The van der Waals surface area contributed by atoms with E-state index in [-0.39, 0.29) is 34.7 Å². The number of aryl methyl sites for hydroxylation is 7. The van der Waals surface area contributed by atoms with Gasteiger partial charge in [-0.1, -0.05) is 145 Å². The number of ether oxygens (including phenoxy) is 1. The number of hydrogen-bond donors (Lipinski definition) is 2. The molecule has 0 bridgehead atoms.